The number of hydrogen-bond donors (Lipinski definition) is 2. The Morgan fingerprint density at radius 3 is 2.19 bits per heavy atom. The summed E-state index contributed by atoms with van der Waals surface area (Å²) in [6.45, 7) is 2.53. The summed E-state index contributed by atoms with van der Waals surface area (Å²) in [5, 5.41) is 20.1. The van der Waals surface area contributed by atoms with Gasteiger partial charge in [-0.15, -0.1) is 0 Å². The summed E-state index contributed by atoms with van der Waals surface area (Å²) in [5.41, 5.74) is 1.43. The molecule has 0 amide bonds. The molecule has 0 atom stereocenters. The lowest BCUT2D eigenvalue weighted by atomic mass is 10.1. The number of alkyl halides is 3. The van der Waals surface area contributed by atoms with Crippen molar-refractivity contribution in [3.8, 4) is 0 Å². The van der Waals surface area contributed by atoms with Crippen LogP contribution in [-0.4, -0.2) is 56.6 Å². The number of nitrogens with zero attached hydrogens (tertiary/aromatic N) is 3. The minimum Gasteiger partial charge on any atom is -0.478 e. The molecule has 26 heavy (non-hydrogen) atoms. The SMILES string of the molecule is CN(CCn1cccn1)Cc1ccc(C(=O)O)cc1.O=C(O)C(F)(F)F. The first-order valence-corrected chi connectivity index (χ1v) is 7.38. The number of carbonyl (C=O) groups is 2. The van der Waals surface area contributed by atoms with Crippen molar-refractivity contribution in [1.82, 2.24) is 14.7 Å². The summed E-state index contributed by atoms with van der Waals surface area (Å²) in [6.07, 6.45) is -1.37. The van der Waals surface area contributed by atoms with Gasteiger partial charge in [-0.2, -0.15) is 18.3 Å². The maximum atomic E-state index is 10.7. The minimum absolute atomic E-state index is 0.322. The molecule has 0 spiro atoms. The molecule has 2 aromatic rings. The van der Waals surface area contributed by atoms with Crippen molar-refractivity contribution >= 4 is 11.9 Å². The molecule has 0 unspecified atom stereocenters. The second kappa shape index (κ2) is 9.56. The van der Waals surface area contributed by atoms with E-state index in [-0.39, 0.29) is 0 Å². The number of hydrogen-bond acceptors (Lipinski definition) is 4. The Kier molecular flexibility index (Phi) is 7.78. The number of likely N-dealkylation sites (N-methyl/N-ethyl adjacent to an activating group) is 1. The van der Waals surface area contributed by atoms with Gasteiger partial charge in [-0.1, -0.05) is 12.1 Å². The summed E-state index contributed by atoms with van der Waals surface area (Å²) in [7, 11) is 2.04. The fraction of sp³-hybridized carbons (Fsp3) is 0.312. The monoisotopic (exact) mass is 373 g/mol. The van der Waals surface area contributed by atoms with Gasteiger partial charge in [-0.25, -0.2) is 9.59 Å². The smallest absolute Gasteiger partial charge is 0.478 e. The van der Waals surface area contributed by atoms with Crippen LogP contribution in [0.3, 0.4) is 0 Å². The van der Waals surface area contributed by atoms with Gasteiger partial charge in [-0.3, -0.25) is 4.68 Å². The average Bonchev–Trinajstić information content (AvgIpc) is 3.06. The van der Waals surface area contributed by atoms with E-state index in [0.717, 1.165) is 25.2 Å². The Morgan fingerprint density at radius 1 is 1.19 bits per heavy atom. The van der Waals surface area contributed by atoms with Crippen LogP contribution in [0.5, 0.6) is 0 Å². The molecule has 0 aliphatic carbocycles. The van der Waals surface area contributed by atoms with Crippen LogP contribution >= 0.6 is 0 Å². The van der Waals surface area contributed by atoms with Gasteiger partial charge in [0, 0.05) is 25.5 Å². The zero-order valence-electron chi connectivity index (χ0n) is 13.8. The zero-order chi connectivity index (χ0) is 19.7. The fourth-order valence-corrected chi connectivity index (χ4v) is 1.85. The quantitative estimate of drug-likeness (QED) is 0.807. The number of carboxylic acid groups (broad SMARTS) is 2. The molecule has 2 N–H and O–H groups in total. The third-order valence-corrected chi connectivity index (χ3v) is 3.17. The minimum atomic E-state index is -5.08. The van der Waals surface area contributed by atoms with E-state index in [0.29, 0.717) is 5.56 Å². The van der Waals surface area contributed by atoms with Gasteiger partial charge in [0.1, 0.15) is 0 Å². The summed E-state index contributed by atoms with van der Waals surface area (Å²) in [4.78, 5) is 21.8. The first-order valence-electron chi connectivity index (χ1n) is 7.38. The number of halogens is 3. The molecule has 7 nitrogen and oxygen atoms in total. The summed E-state index contributed by atoms with van der Waals surface area (Å²) >= 11 is 0. The summed E-state index contributed by atoms with van der Waals surface area (Å²) in [5.74, 6) is -3.65. The van der Waals surface area contributed by atoms with Crippen LogP contribution in [-0.2, 0) is 17.9 Å². The molecule has 0 saturated heterocycles. The van der Waals surface area contributed by atoms with Crippen molar-refractivity contribution in [3.63, 3.8) is 0 Å². The topological polar surface area (TPSA) is 95.7 Å². The maximum absolute atomic E-state index is 10.7. The molecule has 0 saturated carbocycles. The molecule has 10 heteroatoms. The first-order chi connectivity index (χ1) is 12.1. The number of rotatable bonds is 6. The Labute approximate surface area is 147 Å². The van der Waals surface area contributed by atoms with Crippen molar-refractivity contribution in [3.05, 3.63) is 53.9 Å². The van der Waals surface area contributed by atoms with Crippen LogP contribution in [0, 0.1) is 0 Å². The number of carboxylic acids is 2. The Hall–Kier alpha value is -2.88. The van der Waals surface area contributed by atoms with E-state index < -0.39 is 18.1 Å². The molecular formula is C16H18F3N3O4. The van der Waals surface area contributed by atoms with Crippen molar-refractivity contribution in [2.45, 2.75) is 19.3 Å². The predicted molar refractivity (Wildman–Crippen MR) is 85.7 cm³/mol. The van der Waals surface area contributed by atoms with E-state index in [2.05, 4.69) is 10.00 Å². The number of benzene rings is 1. The van der Waals surface area contributed by atoms with Crippen LogP contribution in [0.25, 0.3) is 0 Å². The average molecular weight is 373 g/mol. The number of aromatic nitrogens is 2. The van der Waals surface area contributed by atoms with Crippen LogP contribution in [0.1, 0.15) is 15.9 Å². The van der Waals surface area contributed by atoms with E-state index in [1.807, 2.05) is 36.1 Å². The number of aromatic carboxylic acids is 1. The summed E-state index contributed by atoms with van der Waals surface area (Å²) in [6, 6.07) is 8.89. The Bertz CT molecular complexity index is 701. The van der Waals surface area contributed by atoms with Gasteiger partial charge in [0.15, 0.2) is 0 Å². The van der Waals surface area contributed by atoms with E-state index in [9.17, 15) is 18.0 Å². The molecule has 1 aromatic carbocycles. The normalized spacial score (nSPS) is 11.0. The van der Waals surface area contributed by atoms with Crippen LogP contribution < -0.4 is 0 Å². The van der Waals surface area contributed by atoms with Gasteiger partial charge >= 0.3 is 18.1 Å². The van der Waals surface area contributed by atoms with Gasteiger partial charge in [0.25, 0.3) is 0 Å². The van der Waals surface area contributed by atoms with Gasteiger partial charge in [0.05, 0.1) is 12.1 Å². The molecular weight excluding hydrogens is 355 g/mol. The van der Waals surface area contributed by atoms with E-state index in [4.69, 9.17) is 15.0 Å². The molecule has 0 aliphatic heterocycles. The van der Waals surface area contributed by atoms with Gasteiger partial charge in [-0.05, 0) is 30.8 Å². The van der Waals surface area contributed by atoms with Crippen LogP contribution in [0.2, 0.25) is 0 Å². The van der Waals surface area contributed by atoms with Gasteiger partial charge in [0.2, 0.25) is 0 Å². The molecule has 0 aliphatic rings. The second-order valence-electron chi connectivity index (χ2n) is 5.31. The summed E-state index contributed by atoms with van der Waals surface area (Å²) < 4.78 is 33.6. The first kappa shape index (κ1) is 21.2. The lowest BCUT2D eigenvalue weighted by Crippen LogP contribution is -2.23. The molecule has 0 radical (unpaired) electrons. The van der Waals surface area contributed by atoms with E-state index >= 15 is 0 Å². The molecule has 2 rings (SSSR count). The number of aliphatic carboxylic acids is 1. The highest BCUT2D eigenvalue weighted by molar-refractivity contribution is 5.87. The van der Waals surface area contributed by atoms with Crippen molar-refractivity contribution in [2.75, 3.05) is 13.6 Å². The Morgan fingerprint density at radius 2 is 1.77 bits per heavy atom. The van der Waals surface area contributed by atoms with Crippen molar-refractivity contribution in [1.29, 1.82) is 0 Å². The molecule has 1 heterocycles. The predicted octanol–water partition coefficient (Wildman–Crippen LogP) is 2.35. The molecule has 0 fully saturated rings. The van der Waals surface area contributed by atoms with Crippen LogP contribution in [0.15, 0.2) is 42.7 Å². The fourth-order valence-electron chi connectivity index (χ4n) is 1.85. The van der Waals surface area contributed by atoms with Gasteiger partial charge < -0.3 is 15.1 Å². The second-order valence-corrected chi connectivity index (χ2v) is 5.31. The lowest BCUT2D eigenvalue weighted by Gasteiger charge is -2.16. The highest BCUT2D eigenvalue weighted by Gasteiger charge is 2.38. The van der Waals surface area contributed by atoms with Crippen molar-refractivity contribution < 1.29 is 33.0 Å². The van der Waals surface area contributed by atoms with Crippen molar-refractivity contribution in [2.24, 2.45) is 0 Å². The lowest BCUT2D eigenvalue weighted by molar-refractivity contribution is -0.192. The third-order valence-electron chi connectivity index (χ3n) is 3.17. The third kappa shape index (κ3) is 7.79. The standard InChI is InChI=1S/C14H17N3O2.C2HF3O2/c1-16(9-10-17-8-2-7-15-17)11-12-3-5-13(6-4-12)14(18)19;3-2(4,5)1(6)7/h2-8H,9-11H2,1H3,(H,18,19);(H,6,7). The Balaban J connectivity index is 0.000000412. The maximum Gasteiger partial charge on any atom is 0.490 e. The van der Waals surface area contributed by atoms with Crippen LogP contribution in [0.4, 0.5) is 13.2 Å². The zero-order valence-corrected chi connectivity index (χ0v) is 13.8. The molecule has 1 aromatic heterocycles. The highest BCUT2D eigenvalue weighted by Crippen LogP contribution is 2.13. The van der Waals surface area contributed by atoms with E-state index in [1.54, 1.807) is 18.3 Å². The highest BCUT2D eigenvalue weighted by atomic mass is 19.4. The largest absolute Gasteiger partial charge is 0.490 e. The van der Waals surface area contributed by atoms with E-state index in [1.165, 1.54) is 0 Å². The molecule has 142 valence electrons. The molecule has 0 bridgehead atoms.